The minimum atomic E-state index is -0.537. The molecular formula is C10H9ClN2O. The fraction of sp³-hybridized carbons (Fsp3) is 0.200. The van der Waals surface area contributed by atoms with Crippen LogP contribution in [0.15, 0.2) is 18.2 Å². The SMILES string of the molecule is N#CCCc1ccc(N)cc1C(=O)Cl. The summed E-state index contributed by atoms with van der Waals surface area (Å²) in [6.45, 7) is 0. The number of aryl methyl sites for hydroxylation is 1. The smallest absolute Gasteiger partial charge is 0.252 e. The first-order chi connectivity index (χ1) is 6.65. The molecule has 0 spiro atoms. The molecule has 0 saturated carbocycles. The molecule has 0 heterocycles. The van der Waals surface area contributed by atoms with E-state index in [4.69, 9.17) is 22.6 Å². The summed E-state index contributed by atoms with van der Waals surface area (Å²) in [5.41, 5.74) is 7.17. The molecule has 0 aliphatic carbocycles. The number of carbonyl (C=O) groups is 1. The maximum Gasteiger partial charge on any atom is 0.252 e. The Morgan fingerprint density at radius 3 is 2.86 bits per heavy atom. The third-order valence-electron chi connectivity index (χ3n) is 1.85. The zero-order chi connectivity index (χ0) is 10.6. The van der Waals surface area contributed by atoms with Gasteiger partial charge in [-0.1, -0.05) is 6.07 Å². The van der Waals surface area contributed by atoms with Crippen molar-refractivity contribution in [3.63, 3.8) is 0 Å². The summed E-state index contributed by atoms with van der Waals surface area (Å²) < 4.78 is 0. The Bertz CT molecular complexity index is 396. The number of nitrogen functional groups attached to an aromatic ring is 1. The van der Waals surface area contributed by atoms with Gasteiger partial charge >= 0.3 is 0 Å². The van der Waals surface area contributed by atoms with Crippen molar-refractivity contribution in [3.05, 3.63) is 29.3 Å². The van der Waals surface area contributed by atoms with Crippen molar-refractivity contribution < 1.29 is 4.79 Å². The van der Waals surface area contributed by atoms with E-state index in [0.717, 1.165) is 5.56 Å². The van der Waals surface area contributed by atoms with E-state index in [1.165, 1.54) is 6.07 Å². The van der Waals surface area contributed by atoms with E-state index >= 15 is 0 Å². The Labute approximate surface area is 87.1 Å². The second-order valence-corrected chi connectivity index (χ2v) is 3.19. The maximum atomic E-state index is 11.0. The highest BCUT2D eigenvalue weighted by molar-refractivity contribution is 6.68. The molecule has 14 heavy (non-hydrogen) atoms. The number of nitrogens with two attached hydrogens (primary N) is 1. The second-order valence-electron chi connectivity index (χ2n) is 2.85. The van der Waals surface area contributed by atoms with Gasteiger partial charge in [0.2, 0.25) is 0 Å². The van der Waals surface area contributed by atoms with Gasteiger partial charge in [0.15, 0.2) is 0 Å². The van der Waals surface area contributed by atoms with Crippen molar-refractivity contribution >= 4 is 22.5 Å². The highest BCUT2D eigenvalue weighted by Gasteiger charge is 2.08. The summed E-state index contributed by atoms with van der Waals surface area (Å²) in [6.07, 6.45) is 0.881. The number of halogens is 1. The lowest BCUT2D eigenvalue weighted by Crippen LogP contribution is -1.99. The van der Waals surface area contributed by atoms with Crippen LogP contribution in [0.1, 0.15) is 22.3 Å². The molecule has 2 N–H and O–H groups in total. The van der Waals surface area contributed by atoms with E-state index in [9.17, 15) is 4.79 Å². The average molecular weight is 209 g/mol. The monoisotopic (exact) mass is 208 g/mol. The van der Waals surface area contributed by atoms with Gasteiger partial charge in [0.1, 0.15) is 0 Å². The quantitative estimate of drug-likeness (QED) is 0.611. The largest absolute Gasteiger partial charge is 0.399 e. The number of rotatable bonds is 3. The molecule has 0 fully saturated rings. The number of carbonyl (C=O) groups excluding carboxylic acids is 1. The van der Waals surface area contributed by atoms with Crippen LogP contribution in [0.5, 0.6) is 0 Å². The molecule has 1 aromatic carbocycles. The zero-order valence-corrected chi connectivity index (χ0v) is 8.21. The summed E-state index contributed by atoms with van der Waals surface area (Å²) in [5, 5.41) is 7.88. The summed E-state index contributed by atoms with van der Waals surface area (Å²) in [5.74, 6) is 0. The lowest BCUT2D eigenvalue weighted by molar-refractivity contribution is 0.108. The van der Waals surface area contributed by atoms with E-state index in [0.29, 0.717) is 24.1 Å². The first-order valence-electron chi connectivity index (χ1n) is 4.10. The molecular weight excluding hydrogens is 200 g/mol. The molecule has 1 aromatic rings. The van der Waals surface area contributed by atoms with Crippen molar-refractivity contribution in [2.24, 2.45) is 0 Å². The number of benzene rings is 1. The predicted octanol–water partition coefficient (Wildman–Crippen LogP) is 2.10. The van der Waals surface area contributed by atoms with Gasteiger partial charge in [-0.05, 0) is 35.7 Å². The van der Waals surface area contributed by atoms with Crippen LogP contribution in [0.4, 0.5) is 5.69 Å². The normalized spacial score (nSPS) is 9.43. The first kappa shape index (κ1) is 10.6. The van der Waals surface area contributed by atoms with Gasteiger partial charge in [-0.15, -0.1) is 0 Å². The summed E-state index contributed by atoms with van der Waals surface area (Å²) in [4.78, 5) is 11.0. The molecule has 1 rings (SSSR count). The number of nitriles is 1. The number of nitrogens with zero attached hydrogens (tertiary/aromatic N) is 1. The topological polar surface area (TPSA) is 66.9 Å². The molecule has 0 aliphatic heterocycles. The minimum Gasteiger partial charge on any atom is -0.399 e. The van der Waals surface area contributed by atoms with Crippen molar-refractivity contribution in [3.8, 4) is 6.07 Å². The van der Waals surface area contributed by atoms with E-state index in [1.54, 1.807) is 12.1 Å². The third kappa shape index (κ3) is 2.48. The summed E-state index contributed by atoms with van der Waals surface area (Å²) >= 11 is 5.38. The van der Waals surface area contributed by atoms with Crippen molar-refractivity contribution in [1.82, 2.24) is 0 Å². The fourth-order valence-electron chi connectivity index (χ4n) is 1.19. The van der Waals surface area contributed by atoms with Crippen LogP contribution in [0.2, 0.25) is 0 Å². The highest BCUT2D eigenvalue weighted by Crippen LogP contribution is 2.17. The minimum absolute atomic E-state index is 0.362. The third-order valence-corrected chi connectivity index (χ3v) is 2.06. The van der Waals surface area contributed by atoms with Crippen LogP contribution in [0.3, 0.4) is 0 Å². The molecule has 0 atom stereocenters. The molecule has 0 bridgehead atoms. The van der Waals surface area contributed by atoms with Crippen LogP contribution in [0, 0.1) is 11.3 Å². The fourth-order valence-corrected chi connectivity index (χ4v) is 1.36. The standard InChI is InChI=1S/C10H9ClN2O/c11-10(14)9-6-8(13)4-3-7(9)2-1-5-12/h3-4,6H,1-2,13H2. The maximum absolute atomic E-state index is 11.0. The first-order valence-corrected chi connectivity index (χ1v) is 4.48. The second kappa shape index (κ2) is 4.64. The molecule has 0 aromatic heterocycles. The Hall–Kier alpha value is -1.53. The summed E-state index contributed by atoms with van der Waals surface area (Å²) in [7, 11) is 0. The van der Waals surface area contributed by atoms with E-state index in [-0.39, 0.29) is 0 Å². The lowest BCUT2D eigenvalue weighted by atomic mass is 10.0. The molecule has 0 aliphatic rings. The van der Waals surface area contributed by atoms with Gasteiger partial charge < -0.3 is 5.73 Å². The van der Waals surface area contributed by atoms with Crippen LogP contribution in [-0.4, -0.2) is 5.24 Å². The van der Waals surface area contributed by atoms with E-state index in [1.807, 2.05) is 6.07 Å². The van der Waals surface area contributed by atoms with Gasteiger partial charge in [-0.25, -0.2) is 0 Å². The number of anilines is 1. The molecule has 3 nitrogen and oxygen atoms in total. The molecule has 0 saturated heterocycles. The van der Waals surface area contributed by atoms with Crippen LogP contribution >= 0.6 is 11.6 Å². The molecule has 0 radical (unpaired) electrons. The Balaban J connectivity index is 3.03. The molecule has 0 unspecified atom stereocenters. The van der Waals surface area contributed by atoms with Crippen molar-refractivity contribution in [2.45, 2.75) is 12.8 Å². The Morgan fingerprint density at radius 2 is 2.29 bits per heavy atom. The van der Waals surface area contributed by atoms with Gasteiger partial charge in [-0.3, -0.25) is 4.79 Å². The average Bonchev–Trinajstić information content (AvgIpc) is 2.15. The van der Waals surface area contributed by atoms with Gasteiger partial charge in [0.25, 0.3) is 5.24 Å². The molecule has 72 valence electrons. The summed E-state index contributed by atoms with van der Waals surface area (Å²) in [6, 6.07) is 6.96. The van der Waals surface area contributed by atoms with Crippen molar-refractivity contribution in [1.29, 1.82) is 5.26 Å². The van der Waals surface area contributed by atoms with Crippen LogP contribution < -0.4 is 5.73 Å². The number of hydrogen-bond donors (Lipinski definition) is 1. The van der Waals surface area contributed by atoms with E-state index in [2.05, 4.69) is 0 Å². The Kier molecular flexibility index (Phi) is 3.49. The van der Waals surface area contributed by atoms with Gasteiger partial charge in [0.05, 0.1) is 6.07 Å². The van der Waals surface area contributed by atoms with Gasteiger partial charge in [0, 0.05) is 17.7 Å². The zero-order valence-electron chi connectivity index (χ0n) is 7.46. The predicted molar refractivity (Wildman–Crippen MR) is 55.0 cm³/mol. The van der Waals surface area contributed by atoms with Crippen LogP contribution in [0.25, 0.3) is 0 Å². The molecule has 4 heteroatoms. The van der Waals surface area contributed by atoms with Crippen LogP contribution in [-0.2, 0) is 6.42 Å². The molecule has 0 amide bonds. The highest BCUT2D eigenvalue weighted by atomic mass is 35.5. The lowest BCUT2D eigenvalue weighted by Gasteiger charge is -2.04. The van der Waals surface area contributed by atoms with Gasteiger partial charge in [-0.2, -0.15) is 5.26 Å². The number of hydrogen-bond acceptors (Lipinski definition) is 3. The Morgan fingerprint density at radius 1 is 1.57 bits per heavy atom. The van der Waals surface area contributed by atoms with Crippen molar-refractivity contribution in [2.75, 3.05) is 5.73 Å². The van der Waals surface area contributed by atoms with E-state index < -0.39 is 5.24 Å².